The van der Waals surface area contributed by atoms with E-state index in [4.69, 9.17) is 23.2 Å². The van der Waals surface area contributed by atoms with Gasteiger partial charge in [0.2, 0.25) is 0 Å². The molecule has 1 heterocycles. The van der Waals surface area contributed by atoms with Crippen LogP contribution in [0.25, 0.3) is 10.9 Å². The van der Waals surface area contributed by atoms with Crippen LogP contribution in [0.5, 0.6) is 0 Å². The van der Waals surface area contributed by atoms with Crippen LogP contribution in [0.1, 0.15) is 40.0 Å². The highest BCUT2D eigenvalue weighted by Crippen LogP contribution is 2.40. The average Bonchev–Trinajstić information content (AvgIpc) is 3.43. The highest BCUT2D eigenvalue weighted by atomic mass is 35.5. The molecule has 1 amide bonds. The van der Waals surface area contributed by atoms with Crippen LogP contribution in [0.3, 0.4) is 0 Å². The molecule has 4 nitrogen and oxygen atoms in total. The Bertz CT molecular complexity index is 1210. The van der Waals surface area contributed by atoms with E-state index in [1.165, 1.54) is 30.3 Å². The van der Waals surface area contributed by atoms with Crippen molar-refractivity contribution in [1.82, 2.24) is 9.88 Å². The normalized spacial score (nSPS) is 14.1. The molecule has 0 atom stereocenters. The lowest BCUT2D eigenvalue weighted by Crippen LogP contribution is -2.34. The van der Waals surface area contributed by atoms with Gasteiger partial charge in [0.25, 0.3) is 11.7 Å². The molecule has 0 saturated heterocycles. The lowest BCUT2D eigenvalue weighted by molar-refractivity contribution is -0.143. The summed E-state index contributed by atoms with van der Waals surface area (Å²) in [5.74, 6) is -2.23. The molecule has 1 aliphatic carbocycles. The number of ketones is 1. The fourth-order valence-corrected chi connectivity index (χ4v) is 4.04. The van der Waals surface area contributed by atoms with Crippen LogP contribution in [-0.2, 0) is 17.5 Å². The third-order valence-electron chi connectivity index (χ3n) is 5.18. The van der Waals surface area contributed by atoms with E-state index in [1.807, 2.05) is 0 Å². The number of amides is 1. The fourth-order valence-electron chi connectivity index (χ4n) is 3.57. The number of hydrogen-bond donors (Lipinski definition) is 1. The van der Waals surface area contributed by atoms with Gasteiger partial charge in [0.1, 0.15) is 5.69 Å². The predicted octanol–water partition coefficient (Wildman–Crippen LogP) is 5.78. The fraction of sp³-hybridized carbons (Fsp3) is 0.273. The second-order valence-electron chi connectivity index (χ2n) is 7.64. The first kappa shape index (κ1) is 21.7. The van der Waals surface area contributed by atoms with Crippen LogP contribution in [0, 0.1) is 6.92 Å². The smallest absolute Gasteiger partial charge is 0.346 e. The number of hydrogen-bond acceptors (Lipinski definition) is 2. The van der Waals surface area contributed by atoms with Gasteiger partial charge in [-0.1, -0.05) is 40.9 Å². The number of carbonyl (C=O) groups is 2. The molecule has 2 aromatic carbocycles. The molecule has 0 bridgehead atoms. The van der Waals surface area contributed by atoms with Crippen molar-refractivity contribution >= 4 is 45.8 Å². The summed E-state index contributed by atoms with van der Waals surface area (Å²) in [5.41, 5.74) is -0.564. The molecule has 162 valence electrons. The summed E-state index contributed by atoms with van der Waals surface area (Å²) >= 11 is 12.1. The maximum Gasteiger partial charge on any atom is 0.432 e. The van der Waals surface area contributed by atoms with E-state index in [9.17, 15) is 22.8 Å². The molecule has 0 unspecified atom stereocenters. The van der Waals surface area contributed by atoms with Crippen LogP contribution in [0.15, 0.2) is 36.4 Å². The van der Waals surface area contributed by atoms with E-state index >= 15 is 0 Å². The molecular formula is C22H17Cl2F3N2O2. The Hall–Kier alpha value is -2.51. The zero-order valence-electron chi connectivity index (χ0n) is 16.3. The minimum Gasteiger partial charge on any atom is -0.346 e. The molecule has 3 aromatic rings. The molecule has 4 rings (SSSR count). The Morgan fingerprint density at radius 2 is 1.84 bits per heavy atom. The molecule has 0 aliphatic heterocycles. The molecule has 31 heavy (non-hydrogen) atoms. The third-order valence-corrected chi connectivity index (χ3v) is 5.76. The maximum absolute atomic E-state index is 14.3. The summed E-state index contributed by atoms with van der Waals surface area (Å²) < 4.78 is 43.8. The summed E-state index contributed by atoms with van der Waals surface area (Å²) in [4.78, 5) is 25.3. The number of benzene rings is 2. The van der Waals surface area contributed by atoms with E-state index in [0.717, 1.165) is 4.57 Å². The van der Waals surface area contributed by atoms with Gasteiger partial charge in [-0.25, -0.2) is 0 Å². The standard InChI is InChI=1S/C22H17Cl2F3N2O2/c1-11-2-7-17-15(8-11)18(19(30)21(31)28-14-5-6-14)20(22(25,26)27)29(17)10-12-3-4-13(23)9-16(12)24/h2-4,7-9,14H,5-6,10H2,1H3,(H,28,31). The number of fused-ring (bicyclic) bond motifs is 1. The minimum atomic E-state index is -4.88. The van der Waals surface area contributed by atoms with Crippen molar-refractivity contribution in [2.75, 3.05) is 0 Å². The van der Waals surface area contributed by atoms with Crippen LogP contribution < -0.4 is 5.32 Å². The zero-order valence-corrected chi connectivity index (χ0v) is 17.8. The van der Waals surface area contributed by atoms with E-state index in [0.29, 0.717) is 29.0 Å². The van der Waals surface area contributed by atoms with Gasteiger partial charge < -0.3 is 9.88 Å². The van der Waals surface area contributed by atoms with Crippen LogP contribution in [0.2, 0.25) is 10.0 Å². The Kier molecular flexibility index (Phi) is 5.52. The van der Waals surface area contributed by atoms with Crippen molar-refractivity contribution in [2.45, 2.75) is 38.5 Å². The maximum atomic E-state index is 14.3. The number of carbonyl (C=O) groups excluding carboxylic acids is 2. The Balaban J connectivity index is 1.94. The second kappa shape index (κ2) is 7.88. The lowest BCUT2D eigenvalue weighted by Gasteiger charge is -2.15. The summed E-state index contributed by atoms with van der Waals surface area (Å²) in [6.45, 7) is 1.46. The predicted molar refractivity (Wildman–Crippen MR) is 113 cm³/mol. The number of Topliss-reactive ketones (excluding diaryl/α,β-unsaturated/α-hetero) is 1. The number of rotatable bonds is 5. The largest absolute Gasteiger partial charge is 0.432 e. The Morgan fingerprint density at radius 1 is 1.13 bits per heavy atom. The van der Waals surface area contributed by atoms with Crippen molar-refractivity contribution in [3.8, 4) is 0 Å². The number of nitrogens with one attached hydrogen (secondary N) is 1. The summed E-state index contributed by atoms with van der Waals surface area (Å²) in [6.07, 6.45) is -3.46. The highest BCUT2D eigenvalue weighted by molar-refractivity contribution is 6.45. The first-order valence-corrected chi connectivity index (χ1v) is 10.3. The van der Waals surface area contributed by atoms with Gasteiger partial charge in [-0.15, -0.1) is 0 Å². The van der Waals surface area contributed by atoms with E-state index in [2.05, 4.69) is 5.32 Å². The van der Waals surface area contributed by atoms with Gasteiger partial charge in [0.15, 0.2) is 0 Å². The number of nitrogens with zero attached hydrogens (tertiary/aromatic N) is 1. The number of aromatic nitrogens is 1. The van der Waals surface area contributed by atoms with Crippen molar-refractivity contribution in [3.63, 3.8) is 0 Å². The summed E-state index contributed by atoms with van der Waals surface area (Å²) in [6, 6.07) is 9.00. The van der Waals surface area contributed by atoms with E-state index in [-0.39, 0.29) is 28.5 Å². The molecule has 0 radical (unpaired) electrons. The number of halogens is 5. The van der Waals surface area contributed by atoms with Gasteiger partial charge in [0.05, 0.1) is 5.56 Å². The molecule has 1 saturated carbocycles. The quantitative estimate of drug-likeness (QED) is 0.380. The summed E-state index contributed by atoms with van der Waals surface area (Å²) in [7, 11) is 0. The first-order chi connectivity index (χ1) is 14.6. The number of alkyl halides is 3. The molecule has 1 fully saturated rings. The number of aryl methyl sites for hydroxylation is 1. The van der Waals surface area contributed by atoms with Crippen molar-refractivity contribution < 1.29 is 22.8 Å². The third kappa shape index (κ3) is 4.29. The van der Waals surface area contributed by atoms with E-state index < -0.39 is 29.1 Å². The minimum absolute atomic E-state index is 0.0772. The van der Waals surface area contributed by atoms with Gasteiger partial charge in [-0.3, -0.25) is 9.59 Å². The van der Waals surface area contributed by atoms with Gasteiger partial charge in [-0.05, 0) is 49.6 Å². The molecule has 0 spiro atoms. The topological polar surface area (TPSA) is 51.1 Å². The van der Waals surface area contributed by atoms with Gasteiger partial charge in [0, 0.05) is 33.5 Å². The molecule has 1 aliphatic rings. The van der Waals surface area contributed by atoms with Gasteiger partial charge >= 0.3 is 6.18 Å². The SMILES string of the molecule is Cc1ccc2c(c1)c(C(=O)C(=O)NC1CC1)c(C(F)(F)F)n2Cc1ccc(Cl)cc1Cl. The van der Waals surface area contributed by atoms with Crippen molar-refractivity contribution in [2.24, 2.45) is 0 Å². The summed E-state index contributed by atoms with van der Waals surface area (Å²) in [5, 5.41) is 3.12. The van der Waals surface area contributed by atoms with Crippen LogP contribution >= 0.6 is 23.2 Å². The average molecular weight is 469 g/mol. The van der Waals surface area contributed by atoms with Crippen LogP contribution in [-0.4, -0.2) is 22.3 Å². The van der Waals surface area contributed by atoms with E-state index in [1.54, 1.807) is 13.0 Å². The van der Waals surface area contributed by atoms with Gasteiger partial charge in [-0.2, -0.15) is 13.2 Å². The van der Waals surface area contributed by atoms with Crippen molar-refractivity contribution in [3.05, 3.63) is 68.8 Å². The Morgan fingerprint density at radius 3 is 2.45 bits per heavy atom. The lowest BCUT2D eigenvalue weighted by atomic mass is 10.0. The second-order valence-corrected chi connectivity index (χ2v) is 8.48. The highest BCUT2D eigenvalue weighted by Gasteiger charge is 2.43. The van der Waals surface area contributed by atoms with Crippen LogP contribution in [0.4, 0.5) is 13.2 Å². The molecular weight excluding hydrogens is 452 g/mol. The Labute approximate surface area is 185 Å². The van der Waals surface area contributed by atoms with Crippen molar-refractivity contribution in [1.29, 1.82) is 0 Å². The molecule has 9 heteroatoms. The monoisotopic (exact) mass is 468 g/mol. The molecule has 1 N–H and O–H groups in total. The molecule has 1 aromatic heterocycles. The zero-order chi connectivity index (χ0) is 22.5. The first-order valence-electron chi connectivity index (χ1n) is 9.55.